The Bertz CT molecular complexity index is 1810. The molecule has 0 spiro atoms. The topological polar surface area (TPSA) is 96.0 Å². The predicted octanol–water partition coefficient (Wildman–Crippen LogP) is 6.72. The minimum absolute atomic E-state index is 0.00491. The van der Waals surface area contributed by atoms with Gasteiger partial charge in [-0.3, -0.25) is 13.9 Å². The maximum Gasteiger partial charge on any atom is 0.264 e. The van der Waals surface area contributed by atoms with Crippen molar-refractivity contribution in [1.29, 1.82) is 0 Å². The van der Waals surface area contributed by atoms with Gasteiger partial charge in [-0.05, 0) is 81.6 Å². The highest BCUT2D eigenvalue weighted by molar-refractivity contribution is 7.92. The first-order valence-electron chi connectivity index (χ1n) is 15.3. The largest absolute Gasteiger partial charge is 0.495 e. The van der Waals surface area contributed by atoms with E-state index in [0.29, 0.717) is 0 Å². The summed E-state index contributed by atoms with van der Waals surface area (Å²) in [7, 11) is -2.90. The van der Waals surface area contributed by atoms with Gasteiger partial charge in [0.2, 0.25) is 11.8 Å². The minimum Gasteiger partial charge on any atom is -0.495 e. The highest BCUT2D eigenvalue weighted by Gasteiger charge is 2.36. The zero-order valence-corrected chi connectivity index (χ0v) is 29.2. The number of carbonyl (C=O) groups excluding carboxylic acids is 2. The summed E-state index contributed by atoms with van der Waals surface area (Å²) in [5.41, 5.74) is 3.01. The summed E-state index contributed by atoms with van der Waals surface area (Å²) >= 11 is 6.38. The van der Waals surface area contributed by atoms with Gasteiger partial charge in [-0.2, -0.15) is 0 Å². The fourth-order valence-corrected chi connectivity index (χ4v) is 6.77. The molecule has 0 heterocycles. The number of ether oxygens (including phenoxy) is 1. The molecule has 0 aliphatic rings. The second-order valence-corrected chi connectivity index (χ2v) is 14.8. The van der Waals surface area contributed by atoms with E-state index in [4.69, 9.17) is 16.3 Å². The number of anilines is 1. The Kier molecular flexibility index (Phi) is 11.4. The van der Waals surface area contributed by atoms with Crippen LogP contribution in [0.1, 0.15) is 43.0 Å². The zero-order chi connectivity index (χ0) is 34.4. The Morgan fingerprint density at radius 1 is 0.894 bits per heavy atom. The number of nitrogens with one attached hydrogen (secondary N) is 1. The predicted molar refractivity (Wildman–Crippen MR) is 187 cm³/mol. The molecule has 8 nitrogen and oxygen atoms in total. The maximum atomic E-state index is 14.7. The van der Waals surface area contributed by atoms with Crippen molar-refractivity contribution >= 4 is 39.1 Å². The number of nitrogens with zero attached hydrogens (tertiary/aromatic N) is 2. The van der Waals surface area contributed by atoms with E-state index >= 15 is 0 Å². The Hall–Kier alpha value is -4.34. The summed E-state index contributed by atoms with van der Waals surface area (Å²) < 4.78 is 35.3. The van der Waals surface area contributed by atoms with Crippen LogP contribution in [0.2, 0.25) is 5.02 Å². The molecule has 0 fully saturated rings. The number of hydrogen-bond acceptors (Lipinski definition) is 5. The molecule has 4 aromatic rings. The summed E-state index contributed by atoms with van der Waals surface area (Å²) in [4.78, 5) is 30.3. The molecule has 0 aliphatic heterocycles. The van der Waals surface area contributed by atoms with Gasteiger partial charge in [0.1, 0.15) is 18.3 Å². The van der Waals surface area contributed by atoms with Crippen LogP contribution in [0.25, 0.3) is 0 Å². The van der Waals surface area contributed by atoms with Crippen molar-refractivity contribution < 1.29 is 22.7 Å². The van der Waals surface area contributed by atoms with Gasteiger partial charge in [-0.15, -0.1) is 0 Å². The van der Waals surface area contributed by atoms with Crippen LogP contribution in [0.15, 0.2) is 102 Å². The van der Waals surface area contributed by atoms with Gasteiger partial charge in [0.25, 0.3) is 10.0 Å². The highest BCUT2D eigenvalue weighted by atomic mass is 35.5. The molecule has 0 bridgehead atoms. The normalized spacial score (nSPS) is 12.2. The average molecular weight is 676 g/mol. The quantitative estimate of drug-likeness (QED) is 0.180. The molecule has 0 radical (unpaired) electrons. The molecule has 10 heteroatoms. The smallest absolute Gasteiger partial charge is 0.264 e. The van der Waals surface area contributed by atoms with Gasteiger partial charge in [0.15, 0.2) is 0 Å². The van der Waals surface area contributed by atoms with E-state index in [-0.39, 0.29) is 40.2 Å². The van der Waals surface area contributed by atoms with Gasteiger partial charge in [-0.25, -0.2) is 8.42 Å². The lowest BCUT2D eigenvalue weighted by Crippen LogP contribution is -2.56. The van der Waals surface area contributed by atoms with Gasteiger partial charge in [0.05, 0.1) is 17.7 Å². The highest BCUT2D eigenvalue weighted by Crippen LogP contribution is 2.35. The van der Waals surface area contributed by atoms with E-state index < -0.39 is 34.1 Å². The molecule has 47 heavy (non-hydrogen) atoms. The Morgan fingerprint density at radius 3 is 2.15 bits per heavy atom. The summed E-state index contributed by atoms with van der Waals surface area (Å²) in [6.07, 6.45) is 0.214. The summed E-state index contributed by atoms with van der Waals surface area (Å²) in [5, 5.41) is 3.31. The van der Waals surface area contributed by atoms with Crippen LogP contribution in [0.5, 0.6) is 5.75 Å². The molecule has 0 aromatic heterocycles. The lowest BCUT2D eigenvalue weighted by Gasteiger charge is -2.35. The second kappa shape index (κ2) is 15.0. The molecule has 4 aromatic carbocycles. The number of benzene rings is 4. The molecular formula is C37H42ClN3O5S. The van der Waals surface area contributed by atoms with Crippen molar-refractivity contribution in [1.82, 2.24) is 10.2 Å². The lowest BCUT2D eigenvalue weighted by atomic mass is 10.00. The number of aryl methyl sites for hydroxylation is 2. The van der Waals surface area contributed by atoms with Crippen molar-refractivity contribution in [2.75, 3.05) is 18.0 Å². The van der Waals surface area contributed by atoms with E-state index in [1.165, 1.54) is 30.2 Å². The van der Waals surface area contributed by atoms with Gasteiger partial charge < -0.3 is 15.0 Å². The van der Waals surface area contributed by atoms with Crippen LogP contribution in [-0.4, -0.2) is 50.4 Å². The van der Waals surface area contributed by atoms with Gasteiger partial charge in [-0.1, -0.05) is 83.9 Å². The van der Waals surface area contributed by atoms with Crippen LogP contribution < -0.4 is 14.4 Å². The molecule has 4 rings (SSSR count). The molecule has 0 saturated heterocycles. The SMILES string of the molecule is COc1ccc(Cl)cc1N(CC(=O)N(Cc1ccccc1C)[C@H](Cc1ccccc1)C(=O)NC(C)(C)C)S(=O)(=O)c1ccc(C)cc1. The van der Waals surface area contributed by atoms with E-state index in [2.05, 4.69) is 5.32 Å². The van der Waals surface area contributed by atoms with Gasteiger partial charge in [0, 0.05) is 23.5 Å². The third-order valence-corrected chi connectivity index (χ3v) is 9.68. The average Bonchev–Trinajstić information content (AvgIpc) is 3.02. The molecule has 1 N–H and O–H groups in total. The number of sulfonamides is 1. The number of rotatable bonds is 12. The van der Waals surface area contributed by atoms with Crippen LogP contribution in [0, 0.1) is 13.8 Å². The van der Waals surface area contributed by atoms with E-state index in [1.807, 2.05) is 89.2 Å². The van der Waals surface area contributed by atoms with Crippen molar-refractivity contribution in [2.24, 2.45) is 0 Å². The molecular weight excluding hydrogens is 634 g/mol. The molecule has 2 amide bonds. The Labute approximate surface area is 283 Å². The van der Waals surface area contributed by atoms with Crippen LogP contribution in [0.3, 0.4) is 0 Å². The zero-order valence-electron chi connectivity index (χ0n) is 27.7. The number of halogens is 1. The van der Waals surface area contributed by atoms with Crippen molar-refractivity contribution in [2.45, 2.75) is 64.1 Å². The summed E-state index contributed by atoms with van der Waals surface area (Å²) in [6.45, 7) is 8.87. The first-order chi connectivity index (χ1) is 22.2. The van der Waals surface area contributed by atoms with Crippen molar-refractivity contribution in [3.8, 4) is 5.75 Å². The third kappa shape index (κ3) is 9.14. The first-order valence-corrected chi connectivity index (χ1v) is 17.1. The van der Waals surface area contributed by atoms with Crippen LogP contribution >= 0.6 is 11.6 Å². The van der Waals surface area contributed by atoms with Crippen molar-refractivity contribution in [3.05, 3.63) is 124 Å². The Balaban J connectivity index is 1.88. The number of amides is 2. The monoisotopic (exact) mass is 675 g/mol. The molecule has 248 valence electrons. The minimum atomic E-state index is -4.32. The fraction of sp³-hybridized carbons (Fsp3) is 0.297. The molecule has 0 saturated carbocycles. The van der Waals surface area contributed by atoms with Crippen molar-refractivity contribution in [3.63, 3.8) is 0 Å². The summed E-state index contributed by atoms with van der Waals surface area (Å²) in [6, 6.07) is 27.1. The van der Waals surface area contributed by atoms with Gasteiger partial charge >= 0.3 is 0 Å². The first kappa shape index (κ1) is 35.5. The third-order valence-electron chi connectivity index (χ3n) is 7.67. The maximum absolute atomic E-state index is 14.7. The number of hydrogen-bond donors (Lipinski definition) is 1. The summed E-state index contributed by atoms with van der Waals surface area (Å²) in [5.74, 6) is -0.706. The lowest BCUT2D eigenvalue weighted by molar-refractivity contribution is -0.140. The molecule has 0 aliphatic carbocycles. The van der Waals surface area contributed by atoms with Crippen LogP contribution in [0.4, 0.5) is 5.69 Å². The standard InChI is InChI=1S/C37H42ClN3O5S/c1-26-16-19-31(20-17-26)47(44,45)41(32-23-30(38)18-21-34(32)46-6)25-35(42)40(24-29-15-11-10-12-27(29)2)33(36(43)39-37(3,4)5)22-28-13-8-7-9-14-28/h7-21,23,33H,22,24-25H2,1-6H3,(H,39,43)/t33-/m1/s1. The molecule has 0 unspecified atom stereocenters. The number of carbonyl (C=O) groups is 2. The van der Waals surface area contributed by atoms with Crippen LogP contribution in [-0.2, 0) is 32.6 Å². The van der Waals surface area contributed by atoms with E-state index in [0.717, 1.165) is 26.6 Å². The fourth-order valence-electron chi connectivity index (χ4n) is 5.19. The number of methoxy groups -OCH3 is 1. The second-order valence-electron chi connectivity index (χ2n) is 12.5. The Morgan fingerprint density at radius 2 is 1.53 bits per heavy atom. The van der Waals surface area contributed by atoms with E-state index in [9.17, 15) is 18.0 Å². The van der Waals surface area contributed by atoms with E-state index in [1.54, 1.807) is 24.3 Å². The molecule has 1 atom stereocenters.